The van der Waals surface area contributed by atoms with Gasteiger partial charge < -0.3 is 23.8 Å². The van der Waals surface area contributed by atoms with Gasteiger partial charge in [-0.2, -0.15) is 5.26 Å². The Kier molecular flexibility index (Phi) is 15.3. The molecule has 0 aliphatic heterocycles. The topological polar surface area (TPSA) is 75.3 Å². The summed E-state index contributed by atoms with van der Waals surface area (Å²) in [6.45, 7) is 11.6. The van der Waals surface area contributed by atoms with Crippen LogP contribution in [-0.4, -0.2) is 61.2 Å². The summed E-state index contributed by atoms with van der Waals surface area (Å²) >= 11 is 0. The zero-order valence-corrected chi connectivity index (χ0v) is 26.6. The Hall–Kier alpha value is -4.46. The lowest BCUT2D eigenvalue weighted by atomic mass is 9.98. The van der Waals surface area contributed by atoms with Crippen molar-refractivity contribution < 1.29 is 14.3 Å². The quantitative estimate of drug-likeness (QED) is 0.206. The second kappa shape index (κ2) is 18.1. The number of hydrogen-bond donors (Lipinski definition) is 0. The van der Waals surface area contributed by atoms with Gasteiger partial charge in [0.05, 0.1) is 12.2 Å². The Bertz CT molecular complexity index is 1510. The third-order valence-corrected chi connectivity index (χ3v) is 7.67. The van der Waals surface area contributed by atoms with E-state index in [9.17, 15) is 5.26 Å². The summed E-state index contributed by atoms with van der Waals surface area (Å²) in [5, 5.41) is 10.5. The average Bonchev–Trinajstić information content (AvgIpc) is 3.31. The number of carbonyl (C=O) groups is 2. The average molecular weight is 586 g/mol. The Labute approximate surface area is 252 Å². The molecule has 0 saturated carbocycles. The van der Waals surface area contributed by atoms with E-state index in [2.05, 4.69) is 90.2 Å². The normalized spacial score (nSPS) is 11.4. The molecule has 0 N–H and O–H groups in total. The van der Waals surface area contributed by atoms with E-state index < -0.39 is 10.0 Å². The Balaban J connectivity index is 0.000000682. The Morgan fingerprint density at radius 2 is 1.76 bits per heavy atom. The summed E-state index contributed by atoms with van der Waals surface area (Å²) < 4.78 is 7.91. The molecule has 0 radical (unpaired) electrons. The molecule has 2 aromatic carbocycles. The van der Waals surface area contributed by atoms with Crippen LogP contribution >= 0.6 is 10.0 Å². The predicted molar refractivity (Wildman–Crippen MR) is 178 cm³/mol. The van der Waals surface area contributed by atoms with Crippen LogP contribution < -0.4 is 0 Å². The maximum atomic E-state index is 9.44. The number of rotatable bonds is 9. The maximum Gasteiger partial charge on any atom is 0.181 e. The molecule has 1 heterocycles. The summed E-state index contributed by atoms with van der Waals surface area (Å²) in [4.78, 5) is 18.1. The first-order chi connectivity index (χ1) is 20.1. The van der Waals surface area contributed by atoms with Crippen LogP contribution in [0, 0.1) is 11.3 Å². The molecule has 0 spiro atoms. The lowest BCUT2D eigenvalue weighted by Gasteiger charge is -2.27. The molecular formula is C35H43N3O3S. The third-order valence-electron chi connectivity index (χ3n) is 6.28. The van der Waals surface area contributed by atoms with Crippen LogP contribution in [-0.2, 0) is 34.3 Å². The third kappa shape index (κ3) is 11.6. The highest BCUT2D eigenvalue weighted by Crippen LogP contribution is 2.33. The minimum absolute atomic E-state index is 0.571. The molecule has 1 aliphatic carbocycles. The van der Waals surface area contributed by atoms with Crippen molar-refractivity contribution in [2.24, 2.45) is 7.05 Å². The van der Waals surface area contributed by atoms with Gasteiger partial charge in [0.2, 0.25) is 0 Å². The number of nitriles is 1. The van der Waals surface area contributed by atoms with Crippen molar-refractivity contribution in [3.05, 3.63) is 119 Å². The molecule has 222 valence electrons. The number of fused-ring (bicyclic) bond motifs is 1. The molecule has 0 fully saturated rings. The van der Waals surface area contributed by atoms with Crippen molar-refractivity contribution in [2.45, 2.75) is 19.9 Å². The fourth-order valence-electron chi connectivity index (χ4n) is 4.04. The highest BCUT2D eigenvalue weighted by atomic mass is 32.3. The summed E-state index contributed by atoms with van der Waals surface area (Å²) in [5.74, 6) is 1.78. The largest absolute Gasteiger partial charge is 0.479 e. The molecule has 3 aromatic rings. The van der Waals surface area contributed by atoms with Crippen LogP contribution in [0.4, 0.5) is 0 Å². The molecule has 42 heavy (non-hydrogen) atoms. The highest BCUT2D eigenvalue weighted by molar-refractivity contribution is 8.32. The molecule has 1 aromatic heterocycles. The molecule has 0 unspecified atom stereocenters. The van der Waals surface area contributed by atoms with Gasteiger partial charge in [-0.1, -0.05) is 53.9 Å². The van der Waals surface area contributed by atoms with Crippen molar-refractivity contribution in [3.63, 3.8) is 0 Å². The molecule has 1 aliphatic rings. The number of aromatic nitrogens is 1. The maximum absolute atomic E-state index is 9.44. The zero-order chi connectivity index (χ0) is 31.7. The number of ether oxygens (including phenoxy) is 1. The number of nitrogens with zero attached hydrogens (tertiary/aromatic N) is 3. The van der Waals surface area contributed by atoms with Gasteiger partial charge >= 0.3 is 0 Å². The van der Waals surface area contributed by atoms with E-state index in [0.29, 0.717) is 12.5 Å². The van der Waals surface area contributed by atoms with Crippen molar-refractivity contribution in [3.8, 4) is 6.07 Å². The highest BCUT2D eigenvalue weighted by Gasteiger charge is 2.12. The number of aryl methyl sites for hydroxylation is 1. The second-order valence-corrected chi connectivity index (χ2v) is 15.0. The number of carbonyl (C=O) groups excluding carboxylic acids is 2. The van der Waals surface area contributed by atoms with E-state index in [4.69, 9.17) is 14.3 Å². The number of allylic oxidation sites excluding steroid dienone is 4. The van der Waals surface area contributed by atoms with E-state index in [-0.39, 0.29) is 0 Å². The van der Waals surface area contributed by atoms with Crippen molar-refractivity contribution in [1.82, 2.24) is 9.47 Å². The molecule has 4 rings (SSSR count). The fraction of sp³-hybridized carbons (Fsp3) is 0.286. The minimum Gasteiger partial charge on any atom is -0.479 e. The van der Waals surface area contributed by atoms with Crippen molar-refractivity contribution >= 4 is 34.5 Å². The van der Waals surface area contributed by atoms with Gasteiger partial charge in [0.15, 0.2) is 5.88 Å². The standard InChI is InChI=1S/C26H33N3OS.C7H6.2CH2O/c1-20(30-13-14-31(4,5)6)28(2)18-23-10-8-7-9-22(23)15-21-11-12-26-25(16-21)24(17-27)19-29(26)3;1-7-5-3-2-4-6-7;2*1-2/h7-12,16,19H,1,13-15,18H2,2-6H3;2-3,5H,1H3;2*1H2. The Morgan fingerprint density at radius 1 is 1.10 bits per heavy atom. The lowest BCUT2D eigenvalue weighted by Crippen LogP contribution is -2.21. The van der Waals surface area contributed by atoms with E-state index in [1.165, 1.54) is 16.7 Å². The smallest absolute Gasteiger partial charge is 0.181 e. The first kappa shape index (κ1) is 35.6. The molecule has 0 atom stereocenters. The fourth-order valence-corrected chi connectivity index (χ4v) is 4.63. The van der Waals surface area contributed by atoms with E-state index in [1.807, 2.05) is 63.6 Å². The number of benzene rings is 2. The molecular weight excluding hydrogens is 542 g/mol. The van der Waals surface area contributed by atoms with Crippen molar-refractivity contribution in [1.29, 1.82) is 5.26 Å². The SMILES string of the molecule is C=C(OCCS(C)(C)C)N(C)Cc1ccccc1Cc1ccc2c(c1)c(C#N)cn2C.C=O.C=O.CC1=C=C=CC=C1. The van der Waals surface area contributed by atoms with Crippen LogP contribution in [0.25, 0.3) is 10.9 Å². The van der Waals surface area contributed by atoms with Crippen LogP contribution in [0.2, 0.25) is 0 Å². The summed E-state index contributed by atoms with van der Waals surface area (Å²) in [6.07, 6.45) is 15.4. The van der Waals surface area contributed by atoms with Crippen LogP contribution in [0.1, 0.15) is 29.2 Å². The van der Waals surface area contributed by atoms with Gasteiger partial charge in [0.1, 0.15) is 19.6 Å². The second-order valence-electron chi connectivity index (χ2n) is 10.4. The molecule has 0 saturated heterocycles. The van der Waals surface area contributed by atoms with Gasteiger partial charge in [0, 0.05) is 43.5 Å². The van der Waals surface area contributed by atoms with Crippen LogP contribution in [0.5, 0.6) is 0 Å². The minimum atomic E-state index is -0.571. The molecule has 7 heteroatoms. The van der Waals surface area contributed by atoms with Gasteiger partial charge in [-0.25, -0.2) is 10.0 Å². The first-order valence-electron chi connectivity index (χ1n) is 13.2. The molecule has 0 amide bonds. The van der Waals surface area contributed by atoms with E-state index in [1.54, 1.807) is 0 Å². The van der Waals surface area contributed by atoms with Crippen LogP contribution in [0.15, 0.2) is 96.4 Å². The zero-order valence-electron chi connectivity index (χ0n) is 25.8. The number of hydrogen-bond acceptors (Lipinski definition) is 5. The van der Waals surface area contributed by atoms with E-state index >= 15 is 0 Å². The van der Waals surface area contributed by atoms with Gasteiger partial charge in [-0.15, -0.1) is 0 Å². The van der Waals surface area contributed by atoms with Crippen molar-refractivity contribution in [2.75, 3.05) is 38.2 Å². The Morgan fingerprint density at radius 3 is 2.31 bits per heavy atom. The summed E-state index contributed by atoms with van der Waals surface area (Å²) in [6, 6.07) is 17.2. The van der Waals surface area contributed by atoms with E-state index in [0.717, 1.165) is 40.8 Å². The van der Waals surface area contributed by atoms with Gasteiger partial charge in [-0.05, 0) is 79.2 Å². The van der Waals surface area contributed by atoms with Gasteiger partial charge in [-0.3, -0.25) is 0 Å². The first-order valence-corrected chi connectivity index (χ1v) is 16.3. The van der Waals surface area contributed by atoms with Gasteiger partial charge in [0.25, 0.3) is 0 Å². The monoisotopic (exact) mass is 585 g/mol. The van der Waals surface area contributed by atoms with Crippen LogP contribution in [0.3, 0.4) is 0 Å². The molecule has 6 nitrogen and oxygen atoms in total. The summed E-state index contributed by atoms with van der Waals surface area (Å²) in [5.41, 5.74) is 12.4. The lowest BCUT2D eigenvalue weighted by molar-refractivity contribution is -0.0987. The molecule has 0 bridgehead atoms. The predicted octanol–water partition coefficient (Wildman–Crippen LogP) is 6.70. The summed E-state index contributed by atoms with van der Waals surface area (Å²) in [7, 11) is 3.43.